The zero-order valence-electron chi connectivity index (χ0n) is 19.7. The number of benzene rings is 1. The molecule has 1 aliphatic heterocycles. The third-order valence-electron chi connectivity index (χ3n) is 6.38. The summed E-state index contributed by atoms with van der Waals surface area (Å²) in [4.78, 5) is 32.8. The van der Waals surface area contributed by atoms with Crippen molar-refractivity contribution in [1.82, 2.24) is 19.7 Å². The lowest BCUT2D eigenvalue weighted by molar-refractivity contribution is -0.142. The molecule has 0 saturated carbocycles. The second-order valence-corrected chi connectivity index (χ2v) is 8.57. The number of nitrogens with zero attached hydrogens (tertiary/aromatic N) is 4. The quantitative estimate of drug-likeness (QED) is 0.589. The van der Waals surface area contributed by atoms with Crippen LogP contribution in [0.2, 0.25) is 0 Å². The Morgan fingerprint density at radius 2 is 2.09 bits per heavy atom. The first-order chi connectivity index (χ1) is 15.9. The minimum Gasteiger partial charge on any atom is -0.496 e. The Morgan fingerprint density at radius 1 is 1.30 bits per heavy atom. The monoisotopic (exact) mass is 449 g/mol. The molecule has 2 atom stereocenters. The molecule has 0 radical (unpaired) electrons. The van der Waals surface area contributed by atoms with E-state index in [9.17, 15) is 9.59 Å². The summed E-state index contributed by atoms with van der Waals surface area (Å²) in [6.45, 7) is 4.64. The Labute approximate surface area is 193 Å². The molecule has 1 N–H and O–H groups in total. The van der Waals surface area contributed by atoms with E-state index in [4.69, 9.17) is 4.74 Å². The summed E-state index contributed by atoms with van der Waals surface area (Å²) in [5, 5.41) is 8.36. The number of rotatable bonds is 7. The summed E-state index contributed by atoms with van der Waals surface area (Å²) < 4.78 is 7.34. The number of carbonyl (C=O) groups excluding carboxylic acids is 2. The summed E-state index contributed by atoms with van der Waals surface area (Å²) in [6, 6.07) is 9.18. The maximum atomic E-state index is 13.6. The van der Waals surface area contributed by atoms with Gasteiger partial charge in [-0.2, -0.15) is 5.10 Å². The van der Waals surface area contributed by atoms with Crippen LogP contribution in [0.15, 0.2) is 36.5 Å². The van der Waals surface area contributed by atoms with Gasteiger partial charge in [0, 0.05) is 31.0 Å². The van der Waals surface area contributed by atoms with Crippen LogP contribution in [-0.2, 0) is 16.6 Å². The lowest BCUT2D eigenvalue weighted by atomic mass is 9.83. The molecular formula is C25H31N5O3. The Balaban J connectivity index is 1.68. The number of amides is 2. The Kier molecular flexibility index (Phi) is 6.62. The second kappa shape index (κ2) is 9.60. The van der Waals surface area contributed by atoms with E-state index in [0.29, 0.717) is 30.8 Å². The molecule has 3 aromatic rings. The Morgan fingerprint density at radius 3 is 2.85 bits per heavy atom. The molecule has 1 aliphatic rings. The number of likely N-dealkylation sites (tertiary alicyclic amines) is 1. The topological polar surface area (TPSA) is 89.4 Å². The standard InChI is InChI=1S/C25H31N5O3/c1-5-6-13-30-22(31)12-11-19(23(30)18-9-7-8-10-21(18)33-4)25(32)27-17-14-20-16(2)28-29(3)24(20)26-15-17/h7-10,14-15,19,23H,5-6,11-13H2,1-4H3,(H,27,32). The molecule has 2 amide bonds. The molecule has 1 aromatic carbocycles. The maximum absolute atomic E-state index is 13.6. The van der Waals surface area contributed by atoms with Crippen molar-refractivity contribution in [2.75, 3.05) is 19.0 Å². The lowest BCUT2D eigenvalue weighted by Crippen LogP contribution is -2.47. The number of carbonyl (C=O) groups is 2. The molecule has 174 valence electrons. The fraction of sp³-hybridized carbons (Fsp3) is 0.440. The molecule has 2 unspecified atom stereocenters. The van der Waals surface area contributed by atoms with Gasteiger partial charge in [0.15, 0.2) is 5.65 Å². The van der Waals surface area contributed by atoms with Crippen LogP contribution in [0.25, 0.3) is 11.0 Å². The number of nitrogens with one attached hydrogen (secondary N) is 1. The molecule has 8 heteroatoms. The van der Waals surface area contributed by atoms with Crippen LogP contribution in [0.3, 0.4) is 0 Å². The number of aromatic nitrogens is 3. The van der Waals surface area contributed by atoms with Crippen LogP contribution in [0.4, 0.5) is 5.69 Å². The van der Waals surface area contributed by atoms with E-state index >= 15 is 0 Å². The first-order valence-electron chi connectivity index (χ1n) is 11.5. The van der Waals surface area contributed by atoms with Gasteiger partial charge in [-0.05, 0) is 31.9 Å². The van der Waals surface area contributed by atoms with Gasteiger partial charge in [0.2, 0.25) is 11.8 Å². The van der Waals surface area contributed by atoms with E-state index in [1.54, 1.807) is 18.0 Å². The third-order valence-corrected chi connectivity index (χ3v) is 6.38. The minimum atomic E-state index is -0.401. The van der Waals surface area contributed by atoms with Crippen LogP contribution in [0.5, 0.6) is 5.75 Å². The van der Waals surface area contributed by atoms with Crippen molar-refractivity contribution in [2.24, 2.45) is 13.0 Å². The van der Waals surface area contributed by atoms with Crippen molar-refractivity contribution in [3.8, 4) is 5.75 Å². The van der Waals surface area contributed by atoms with Crippen molar-refractivity contribution < 1.29 is 14.3 Å². The number of ether oxygens (including phenoxy) is 1. The van der Waals surface area contributed by atoms with Crippen LogP contribution < -0.4 is 10.1 Å². The zero-order chi connectivity index (χ0) is 23.5. The van der Waals surface area contributed by atoms with Crippen LogP contribution in [-0.4, -0.2) is 45.1 Å². The lowest BCUT2D eigenvalue weighted by Gasteiger charge is -2.41. The van der Waals surface area contributed by atoms with Gasteiger partial charge in [-0.1, -0.05) is 31.5 Å². The number of pyridine rings is 1. The number of anilines is 1. The van der Waals surface area contributed by atoms with Gasteiger partial charge in [0.05, 0.1) is 36.6 Å². The van der Waals surface area contributed by atoms with E-state index < -0.39 is 5.92 Å². The van der Waals surface area contributed by atoms with Gasteiger partial charge in [0.1, 0.15) is 5.75 Å². The maximum Gasteiger partial charge on any atom is 0.229 e. The molecule has 1 saturated heterocycles. The van der Waals surface area contributed by atoms with Gasteiger partial charge >= 0.3 is 0 Å². The molecule has 0 spiro atoms. The smallest absolute Gasteiger partial charge is 0.229 e. The minimum absolute atomic E-state index is 0.0810. The van der Waals surface area contributed by atoms with Crippen molar-refractivity contribution in [2.45, 2.75) is 45.6 Å². The number of hydrogen-bond acceptors (Lipinski definition) is 5. The molecular weight excluding hydrogens is 418 g/mol. The van der Waals surface area contributed by atoms with E-state index in [1.165, 1.54) is 0 Å². The van der Waals surface area contributed by atoms with Gasteiger partial charge in [-0.15, -0.1) is 0 Å². The molecule has 1 fully saturated rings. The molecule has 4 rings (SSSR count). The van der Waals surface area contributed by atoms with Crippen molar-refractivity contribution in [3.05, 3.63) is 47.8 Å². The number of methoxy groups -OCH3 is 1. The highest BCUT2D eigenvalue weighted by Gasteiger charge is 2.41. The largest absolute Gasteiger partial charge is 0.496 e. The number of unbranched alkanes of at least 4 members (excludes halogenated alkanes) is 1. The van der Waals surface area contributed by atoms with E-state index in [1.807, 2.05) is 49.2 Å². The Bertz CT molecular complexity index is 1170. The third kappa shape index (κ3) is 4.42. The molecule has 33 heavy (non-hydrogen) atoms. The van der Waals surface area contributed by atoms with Crippen molar-refractivity contribution in [1.29, 1.82) is 0 Å². The number of aryl methyl sites for hydroxylation is 2. The fourth-order valence-electron chi connectivity index (χ4n) is 4.73. The Hall–Kier alpha value is -3.42. The van der Waals surface area contributed by atoms with Gasteiger partial charge in [0.25, 0.3) is 0 Å². The number of piperidine rings is 1. The molecule has 0 aliphatic carbocycles. The van der Waals surface area contributed by atoms with Crippen LogP contribution in [0.1, 0.15) is 49.9 Å². The van der Waals surface area contributed by atoms with Gasteiger partial charge in [-0.25, -0.2) is 4.98 Å². The van der Waals surface area contributed by atoms with Gasteiger partial charge in [-0.3, -0.25) is 14.3 Å². The van der Waals surface area contributed by atoms with Crippen LogP contribution in [0, 0.1) is 12.8 Å². The number of hydrogen-bond donors (Lipinski definition) is 1. The highest BCUT2D eigenvalue weighted by molar-refractivity contribution is 5.96. The molecule has 8 nitrogen and oxygen atoms in total. The highest BCUT2D eigenvalue weighted by atomic mass is 16.5. The summed E-state index contributed by atoms with van der Waals surface area (Å²) in [6.07, 6.45) is 4.34. The molecule has 0 bridgehead atoms. The molecule has 2 aromatic heterocycles. The van der Waals surface area contributed by atoms with E-state index in [2.05, 4.69) is 22.3 Å². The van der Waals surface area contributed by atoms with E-state index in [0.717, 1.165) is 35.1 Å². The second-order valence-electron chi connectivity index (χ2n) is 8.57. The summed E-state index contributed by atoms with van der Waals surface area (Å²) >= 11 is 0. The number of fused-ring (bicyclic) bond motifs is 1. The molecule has 3 heterocycles. The predicted octanol–water partition coefficient (Wildman–Crippen LogP) is 4.00. The fourth-order valence-corrected chi connectivity index (χ4v) is 4.73. The highest BCUT2D eigenvalue weighted by Crippen LogP contribution is 2.41. The van der Waals surface area contributed by atoms with Crippen LogP contribution >= 0.6 is 0 Å². The average Bonchev–Trinajstić information content (AvgIpc) is 3.10. The van der Waals surface area contributed by atoms with E-state index in [-0.39, 0.29) is 17.9 Å². The number of para-hydroxylation sites is 1. The first kappa shape index (κ1) is 22.8. The average molecular weight is 450 g/mol. The SMILES string of the molecule is CCCCN1C(=O)CCC(C(=O)Nc2cnc3c(c2)c(C)nn3C)C1c1ccccc1OC. The first-order valence-corrected chi connectivity index (χ1v) is 11.5. The summed E-state index contributed by atoms with van der Waals surface area (Å²) in [5.74, 6) is 0.243. The van der Waals surface area contributed by atoms with Crippen molar-refractivity contribution in [3.63, 3.8) is 0 Å². The van der Waals surface area contributed by atoms with Crippen molar-refractivity contribution >= 4 is 28.5 Å². The normalized spacial score (nSPS) is 18.5. The zero-order valence-corrected chi connectivity index (χ0v) is 19.7. The van der Waals surface area contributed by atoms with Gasteiger partial charge < -0.3 is 15.0 Å². The summed E-state index contributed by atoms with van der Waals surface area (Å²) in [5.41, 5.74) is 3.11. The predicted molar refractivity (Wildman–Crippen MR) is 127 cm³/mol. The summed E-state index contributed by atoms with van der Waals surface area (Å²) in [7, 11) is 3.47.